The molecule has 0 aliphatic carbocycles. The maximum atomic E-state index is 13.8. The Labute approximate surface area is 433 Å². The van der Waals surface area contributed by atoms with E-state index < -0.39 is 47.6 Å². The first-order chi connectivity index (χ1) is 35.7. The van der Waals surface area contributed by atoms with E-state index in [1.54, 1.807) is 62.4 Å². The van der Waals surface area contributed by atoms with Crippen LogP contribution >= 0.6 is 11.6 Å². The smallest absolute Gasteiger partial charge is 0.435 e. The van der Waals surface area contributed by atoms with Crippen LogP contribution in [0.15, 0.2) is 103 Å². The highest BCUT2D eigenvalue weighted by atomic mass is 35.5. The second-order valence-corrected chi connectivity index (χ2v) is 18.3. The molecule has 2 atom stereocenters. The number of primary amides is 1. The Hall–Kier alpha value is -8.07. The van der Waals surface area contributed by atoms with Gasteiger partial charge in [0.15, 0.2) is 17.3 Å². The van der Waals surface area contributed by atoms with Crippen LogP contribution in [0.2, 0.25) is 5.02 Å². The Bertz CT molecular complexity index is 2940. The number of imide groups is 1. The van der Waals surface area contributed by atoms with Crippen LogP contribution in [0, 0.1) is 17.7 Å². The number of ether oxygens (including phenoxy) is 1. The molecule has 394 valence electrons. The lowest BCUT2D eigenvalue weighted by Crippen LogP contribution is -2.45. The number of aromatic nitrogens is 4. The second-order valence-electron chi connectivity index (χ2n) is 17.9. The monoisotopic (exact) mass is 1060 g/mol. The number of unbranched alkanes of at least 4 members (excludes halogenated alkanes) is 2. The van der Waals surface area contributed by atoms with Gasteiger partial charge in [-0.1, -0.05) is 68.3 Å². The second kappa shape index (κ2) is 26.2. The third kappa shape index (κ3) is 16.7. The molecule has 5 N–H and O–H groups in total. The first kappa shape index (κ1) is 56.2. The number of rotatable bonds is 25. The number of urea groups is 1. The fourth-order valence-corrected chi connectivity index (χ4v) is 8.11. The van der Waals surface area contributed by atoms with Crippen LogP contribution in [0.4, 0.5) is 28.0 Å². The van der Waals surface area contributed by atoms with Crippen molar-refractivity contribution in [1.82, 2.24) is 35.3 Å². The van der Waals surface area contributed by atoms with Gasteiger partial charge in [0.1, 0.15) is 18.2 Å². The van der Waals surface area contributed by atoms with E-state index in [1.807, 2.05) is 0 Å². The Morgan fingerprint density at radius 3 is 2.32 bits per heavy atom. The fourth-order valence-electron chi connectivity index (χ4n) is 7.91. The van der Waals surface area contributed by atoms with Gasteiger partial charge in [-0.25, -0.2) is 28.6 Å². The molecule has 6 rings (SSSR count). The Kier molecular flexibility index (Phi) is 19.7. The molecule has 0 spiro atoms. The molecule has 6 amide bonds. The maximum absolute atomic E-state index is 13.8. The molecule has 0 radical (unpaired) electrons. The quantitative estimate of drug-likeness (QED) is 0.0143. The molecule has 0 bridgehead atoms. The highest BCUT2D eigenvalue weighted by Gasteiger charge is 2.34. The summed E-state index contributed by atoms with van der Waals surface area (Å²) >= 11 is 5.95. The van der Waals surface area contributed by atoms with Crippen LogP contribution in [0.1, 0.15) is 87.0 Å². The average Bonchev–Trinajstić information content (AvgIpc) is 4.00. The molecule has 0 fully saturated rings. The standard InChI is InChI=1S/C53H54ClF4N9O8/c1-32(2)49(64-45(69)11-4-3-5-24-66-46(70)19-20-47(66)71)42(68)29-37(10-7-23-60-52(59)74)51(73)62-38-16-12-34(13-17-38)31-75-48(72)21-15-33-8-6-9-36(26-33)39-30-61-44(28-35-14-18-41(55)40(54)27-35)63-50(39)67-25-22-43(65-67)53(56,57)58/h6,8-9,12-22,25-27,30,32,37,49H,3-5,7,10-11,23-24,28-29,31H2,1-2H3,(H,62,73)(H,64,69)(H3,59,60,74)/b21-15+/t37-,49+/m1/s1. The third-order valence-corrected chi connectivity index (χ3v) is 12.1. The number of alkyl halides is 3. The molecule has 1 aliphatic rings. The molecule has 17 nitrogen and oxygen atoms in total. The van der Waals surface area contributed by atoms with Crippen molar-refractivity contribution < 1.29 is 55.9 Å². The van der Waals surface area contributed by atoms with Gasteiger partial charge in [-0.3, -0.25) is 28.9 Å². The number of hydrogen-bond donors (Lipinski definition) is 4. The number of nitrogens with zero attached hydrogens (tertiary/aromatic N) is 5. The molecule has 2 aromatic heterocycles. The molecule has 3 heterocycles. The number of carbonyl (C=O) groups is 7. The fraction of sp³-hybridized carbons (Fsp3) is 0.321. The van der Waals surface area contributed by atoms with Crippen molar-refractivity contribution in [2.45, 2.75) is 84.0 Å². The van der Waals surface area contributed by atoms with E-state index in [0.717, 1.165) is 21.8 Å². The molecule has 75 heavy (non-hydrogen) atoms. The van der Waals surface area contributed by atoms with Gasteiger partial charge in [-0.15, -0.1) is 0 Å². The average molecular weight is 1060 g/mol. The summed E-state index contributed by atoms with van der Waals surface area (Å²) in [5.74, 6) is -4.13. The van der Waals surface area contributed by atoms with Gasteiger partial charge in [0.25, 0.3) is 11.8 Å². The van der Waals surface area contributed by atoms with Crippen LogP contribution in [-0.2, 0) is 52.7 Å². The van der Waals surface area contributed by atoms with E-state index in [4.69, 9.17) is 22.1 Å². The first-order valence-corrected chi connectivity index (χ1v) is 24.3. The van der Waals surface area contributed by atoms with Gasteiger partial charge in [0.05, 0.1) is 11.1 Å². The van der Waals surface area contributed by atoms with Crippen molar-refractivity contribution in [2.75, 3.05) is 18.4 Å². The number of benzene rings is 3. The zero-order chi connectivity index (χ0) is 54.2. The molecule has 3 aromatic carbocycles. The molecule has 0 saturated heterocycles. The predicted octanol–water partition coefficient (Wildman–Crippen LogP) is 8.08. The summed E-state index contributed by atoms with van der Waals surface area (Å²) in [4.78, 5) is 98.1. The summed E-state index contributed by atoms with van der Waals surface area (Å²) < 4.78 is 61.0. The molecule has 0 unspecified atom stereocenters. The Morgan fingerprint density at radius 1 is 0.907 bits per heavy atom. The van der Waals surface area contributed by atoms with Crippen LogP contribution < -0.4 is 21.7 Å². The normalized spacial score (nSPS) is 13.3. The molecular weight excluding hydrogens is 1000 g/mol. The molecule has 5 aromatic rings. The lowest BCUT2D eigenvalue weighted by atomic mass is 9.89. The zero-order valence-electron chi connectivity index (χ0n) is 40.9. The number of carbonyl (C=O) groups excluding carboxylic acids is 7. The van der Waals surface area contributed by atoms with Gasteiger partial charge in [0.2, 0.25) is 11.8 Å². The number of ketones is 1. The summed E-state index contributed by atoms with van der Waals surface area (Å²) in [5, 5.41) is 11.7. The van der Waals surface area contributed by atoms with E-state index in [0.29, 0.717) is 59.2 Å². The maximum Gasteiger partial charge on any atom is 0.435 e. The lowest BCUT2D eigenvalue weighted by Gasteiger charge is -2.24. The summed E-state index contributed by atoms with van der Waals surface area (Å²) in [5.41, 5.74) is 6.94. The van der Waals surface area contributed by atoms with Crippen molar-refractivity contribution in [1.29, 1.82) is 0 Å². The van der Waals surface area contributed by atoms with Crippen molar-refractivity contribution in [3.05, 3.63) is 142 Å². The number of amides is 6. The van der Waals surface area contributed by atoms with Crippen molar-refractivity contribution in [3.63, 3.8) is 0 Å². The van der Waals surface area contributed by atoms with Gasteiger partial charge >= 0.3 is 18.2 Å². The topological polar surface area (TPSA) is 238 Å². The van der Waals surface area contributed by atoms with E-state index in [-0.39, 0.29) is 91.5 Å². The van der Waals surface area contributed by atoms with Gasteiger partial charge in [0, 0.05) is 80.1 Å². The van der Waals surface area contributed by atoms with Crippen LogP contribution in [-0.4, -0.2) is 85.2 Å². The minimum Gasteiger partial charge on any atom is -0.458 e. The van der Waals surface area contributed by atoms with Crippen molar-refractivity contribution in [3.8, 4) is 16.9 Å². The summed E-state index contributed by atoms with van der Waals surface area (Å²) in [6.07, 6.45) is 5.05. The number of anilines is 1. The third-order valence-electron chi connectivity index (χ3n) is 11.8. The van der Waals surface area contributed by atoms with Crippen molar-refractivity contribution in [2.24, 2.45) is 17.6 Å². The number of nitrogens with one attached hydrogen (secondary N) is 3. The summed E-state index contributed by atoms with van der Waals surface area (Å²) in [7, 11) is 0. The van der Waals surface area contributed by atoms with E-state index in [1.165, 1.54) is 48.7 Å². The molecule has 1 aliphatic heterocycles. The van der Waals surface area contributed by atoms with E-state index >= 15 is 0 Å². The predicted molar refractivity (Wildman–Crippen MR) is 269 cm³/mol. The Morgan fingerprint density at radius 2 is 1.64 bits per heavy atom. The summed E-state index contributed by atoms with van der Waals surface area (Å²) in [6.45, 7) is 3.83. The molecule has 0 saturated carbocycles. The zero-order valence-corrected chi connectivity index (χ0v) is 41.6. The minimum absolute atomic E-state index is 0.0333. The number of Topliss-reactive ketones (excluding diaryl/α,β-unsaturated/α-hetero) is 1. The van der Waals surface area contributed by atoms with E-state index in [9.17, 15) is 51.1 Å². The Balaban J connectivity index is 1.04. The number of esters is 1. The number of hydrogen-bond acceptors (Lipinski definition) is 11. The number of nitrogens with two attached hydrogens (primary N) is 1. The van der Waals surface area contributed by atoms with Crippen LogP contribution in [0.5, 0.6) is 0 Å². The van der Waals surface area contributed by atoms with Crippen molar-refractivity contribution >= 4 is 64.8 Å². The van der Waals surface area contributed by atoms with Gasteiger partial charge in [-0.05, 0) is 96.3 Å². The van der Waals surface area contributed by atoms with Gasteiger partial charge in [-0.2, -0.15) is 18.3 Å². The van der Waals surface area contributed by atoms with Gasteiger partial charge < -0.3 is 26.4 Å². The largest absolute Gasteiger partial charge is 0.458 e. The lowest BCUT2D eigenvalue weighted by molar-refractivity contribution is -0.141. The molecule has 22 heteroatoms. The van der Waals surface area contributed by atoms with Crippen LogP contribution in [0.25, 0.3) is 23.0 Å². The highest BCUT2D eigenvalue weighted by molar-refractivity contribution is 6.30. The van der Waals surface area contributed by atoms with E-state index in [2.05, 4.69) is 31.0 Å². The summed E-state index contributed by atoms with van der Waals surface area (Å²) in [6, 6.07) is 16.5. The van der Waals surface area contributed by atoms with Crippen LogP contribution in [0.3, 0.4) is 0 Å². The SMILES string of the molecule is CC(C)[C@H](NC(=O)CCCCCN1C(=O)C=CC1=O)C(=O)C[C@@H](CCCNC(N)=O)C(=O)Nc1ccc(COC(=O)/C=C/c2cccc(-c3cnc(Cc4ccc(F)c(Cl)c4)nc3-n3ccc(C(F)(F)F)n3)c2)cc1. The number of halogens is 5. The first-order valence-electron chi connectivity index (χ1n) is 23.9. The minimum atomic E-state index is -4.72. The highest BCUT2D eigenvalue weighted by Crippen LogP contribution is 2.31. The molecular formula is C53H54ClF4N9O8.